The highest BCUT2D eigenvalue weighted by atomic mass is 127. The molecular formula is C19H23IN4O3. The Labute approximate surface area is 175 Å². The summed E-state index contributed by atoms with van der Waals surface area (Å²) in [7, 11) is 6.40. The summed E-state index contributed by atoms with van der Waals surface area (Å²) in [6.45, 7) is 2.94. The number of aryl methyl sites for hydroxylation is 1. The van der Waals surface area contributed by atoms with Gasteiger partial charge in [-0.2, -0.15) is 0 Å². The Bertz CT molecular complexity index is 963. The lowest BCUT2D eigenvalue weighted by Gasteiger charge is -2.23. The van der Waals surface area contributed by atoms with Gasteiger partial charge in [-0.15, -0.1) is 0 Å². The fourth-order valence-electron chi connectivity index (χ4n) is 2.92. The van der Waals surface area contributed by atoms with Crippen molar-refractivity contribution < 1.29 is 38.1 Å². The van der Waals surface area contributed by atoms with Gasteiger partial charge in [0.05, 0.1) is 37.3 Å². The number of nitro benzene ring substituents is 1. The fourth-order valence-corrected chi connectivity index (χ4v) is 2.92. The molecule has 0 saturated carbocycles. The second kappa shape index (κ2) is 8.22. The van der Waals surface area contributed by atoms with Gasteiger partial charge in [-0.05, 0) is 25.1 Å². The summed E-state index contributed by atoms with van der Waals surface area (Å²) in [4.78, 5) is 15.4. The maximum Gasteiger partial charge on any atom is 0.276 e. The van der Waals surface area contributed by atoms with E-state index in [-0.39, 0.29) is 36.3 Å². The number of hydrogen-bond donors (Lipinski definition) is 0. The number of quaternary nitrogens is 1. The van der Waals surface area contributed by atoms with Crippen molar-refractivity contribution in [2.45, 2.75) is 20.1 Å². The molecular weight excluding hydrogens is 459 g/mol. The number of benzene rings is 1. The van der Waals surface area contributed by atoms with Crippen molar-refractivity contribution in [1.82, 2.24) is 9.38 Å². The molecule has 0 radical (unpaired) electrons. The minimum Gasteiger partial charge on any atom is -1.00 e. The van der Waals surface area contributed by atoms with E-state index >= 15 is 0 Å². The predicted octanol–water partition coefficient (Wildman–Crippen LogP) is 0.340. The van der Waals surface area contributed by atoms with E-state index in [0.717, 1.165) is 28.1 Å². The van der Waals surface area contributed by atoms with Gasteiger partial charge < -0.3 is 33.2 Å². The summed E-state index contributed by atoms with van der Waals surface area (Å²) in [5.74, 6) is 0.612. The predicted molar refractivity (Wildman–Crippen MR) is 99.1 cm³/mol. The molecule has 0 aliphatic rings. The molecule has 0 fully saturated rings. The van der Waals surface area contributed by atoms with Crippen molar-refractivity contribution in [2.75, 3.05) is 21.1 Å². The number of imidazole rings is 1. The average molecular weight is 482 g/mol. The van der Waals surface area contributed by atoms with Crippen LogP contribution in [0.3, 0.4) is 0 Å². The number of ether oxygens (including phenoxy) is 1. The maximum atomic E-state index is 11.2. The molecule has 0 saturated heterocycles. The van der Waals surface area contributed by atoms with Crippen LogP contribution in [0.2, 0.25) is 0 Å². The van der Waals surface area contributed by atoms with Gasteiger partial charge in [0.2, 0.25) is 0 Å². The van der Waals surface area contributed by atoms with Crippen LogP contribution in [0.15, 0.2) is 42.6 Å². The number of halogens is 1. The first kappa shape index (κ1) is 21.1. The zero-order valence-corrected chi connectivity index (χ0v) is 18.0. The van der Waals surface area contributed by atoms with Crippen LogP contribution >= 0.6 is 0 Å². The van der Waals surface area contributed by atoms with Crippen molar-refractivity contribution in [1.29, 1.82) is 0 Å². The van der Waals surface area contributed by atoms with Crippen LogP contribution in [0.4, 0.5) is 5.69 Å². The highest BCUT2D eigenvalue weighted by molar-refractivity contribution is 5.56. The Morgan fingerprint density at radius 1 is 1.19 bits per heavy atom. The molecule has 0 aliphatic carbocycles. The van der Waals surface area contributed by atoms with Crippen molar-refractivity contribution in [3.63, 3.8) is 0 Å². The molecule has 1 aromatic carbocycles. The van der Waals surface area contributed by atoms with E-state index in [1.54, 1.807) is 18.2 Å². The van der Waals surface area contributed by atoms with Gasteiger partial charge in [-0.1, -0.05) is 12.1 Å². The van der Waals surface area contributed by atoms with Gasteiger partial charge in [-0.25, -0.2) is 4.98 Å². The molecule has 0 unspecified atom stereocenters. The van der Waals surface area contributed by atoms with Gasteiger partial charge in [0.1, 0.15) is 18.8 Å². The molecule has 0 bridgehead atoms. The van der Waals surface area contributed by atoms with Crippen LogP contribution in [0.5, 0.6) is 5.75 Å². The third kappa shape index (κ3) is 4.75. The summed E-state index contributed by atoms with van der Waals surface area (Å²) in [6, 6.07) is 10.4. The summed E-state index contributed by atoms with van der Waals surface area (Å²) in [5.41, 5.74) is 3.41. The summed E-state index contributed by atoms with van der Waals surface area (Å²) < 4.78 is 8.72. The molecule has 2 aromatic heterocycles. The first-order chi connectivity index (χ1) is 12.3. The second-order valence-electron chi connectivity index (χ2n) is 7.33. The molecule has 0 spiro atoms. The first-order valence-electron chi connectivity index (χ1n) is 8.38. The van der Waals surface area contributed by atoms with Crippen LogP contribution < -0.4 is 28.7 Å². The smallest absolute Gasteiger partial charge is 0.276 e. The minimum absolute atomic E-state index is 0. The van der Waals surface area contributed by atoms with Gasteiger partial charge in [0.15, 0.2) is 11.4 Å². The van der Waals surface area contributed by atoms with Gasteiger partial charge in [0.25, 0.3) is 5.69 Å². The van der Waals surface area contributed by atoms with Crippen molar-refractivity contribution in [2.24, 2.45) is 0 Å². The molecule has 0 aliphatic heterocycles. The standard InChI is InChI=1S/C19H23N4O3.HI/c1-14-17(12-23(2,3)4)21-11-7-10-18(19(21)20-14)26-13-15-8-5-6-9-16(15)22(24)25;/h5-11H,12-13H2,1-4H3;1H/q+1;/p-1. The lowest BCUT2D eigenvalue weighted by Crippen LogP contribution is -3.00. The average Bonchev–Trinajstić information content (AvgIpc) is 2.88. The molecule has 144 valence electrons. The molecule has 2 heterocycles. The van der Waals surface area contributed by atoms with Crippen LogP contribution in [0.1, 0.15) is 17.0 Å². The van der Waals surface area contributed by atoms with E-state index in [2.05, 4.69) is 26.1 Å². The summed E-state index contributed by atoms with van der Waals surface area (Å²) in [5, 5.41) is 11.2. The van der Waals surface area contributed by atoms with Gasteiger partial charge >= 0.3 is 0 Å². The normalized spacial score (nSPS) is 11.3. The molecule has 0 amide bonds. The van der Waals surface area contributed by atoms with E-state index in [4.69, 9.17) is 4.74 Å². The fraction of sp³-hybridized carbons (Fsp3) is 0.316. The highest BCUT2D eigenvalue weighted by Gasteiger charge is 2.19. The molecule has 0 N–H and O–H groups in total. The van der Waals surface area contributed by atoms with Gasteiger partial charge in [0, 0.05) is 12.3 Å². The molecule has 0 atom stereocenters. The second-order valence-corrected chi connectivity index (χ2v) is 7.33. The van der Waals surface area contributed by atoms with E-state index in [1.807, 2.05) is 29.7 Å². The van der Waals surface area contributed by atoms with Crippen molar-refractivity contribution in [3.05, 3.63) is 69.7 Å². The van der Waals surface area contributed by atoms with Crippen molar-refractivity contribution >= 4 is 11.3 Å². The maximum absolute atomic E-state index is 11.2. The number of fused-ring (bicyclic) bond motifs is 1. The largest absolute Gasteiger partial charge is 1.00 e. The number of nitro groups is 1. The topological polar surface area (TPSA) is 69.7 Å². The molecule has 27 heavy (non-hydrogen) atoms. The van der Waals surface area contributed by atoms with Crippen LogP contribution in [0, 0.1) is 17.0 Å². The quantitative estimate of drug-likeness (QED) is 0.220. The molecule has 3 aromatic rings. The van der Waals surface area contributed by atoms with E-state index < -0.39 is 4.92 Å². The highest BCUT2D eigenvalue weighted by Crippen LogP contribution is 2.26. The Morgan fingerprint density at radius 3 is 2.56 bits per heavy atom. The van der Waals surface area contributed by atoms with Crippen LogP contribution in [-0.4, -0.2) is 39.9 Å². The van der Waals surface area contributed by atoms with E-state index in [9.17, 15) is 10.1 Å². The Morgan fingerprint density at radius 2 is 1.89 bits per heavy atom. The summed E-state index contributed by atoms with van der Waals surface area (Å²) in [6.07, 6.45) is 1.97. The zero-order chi connectivity index (χ0) is 18.9. The minimum atomic E-state index is -0.391. The molecule has 8 heteroatoms. The number of rotatable bonds is 6. The zero-order valence-electron chi connectivity index (χ0n) is 15.8. The third-order valence-corrected chi connectivity index (χ3v) is 4.11. The lowest BCUT2D eigenvalue weighted by atomic mass is 10.2. The van der Waals surface area contributed by atoms with Gasteiger partial charge in [-0.3, -0.25) is 14.5 Å². The van der Waals surface area contributed by atoms with E-state index in [1.165, 1.54) is 6.07 Å². The molecule has 3 rings (SSSR count). The Hall–Kier alpha value is -2.20. The van der Waals surface area contributed by atoms with Crippen molar-refractivity contribution in [3.8, 4) is 5.75 Å². The number of para-hydroxylation sites is 1. The molecule has 7 nitrogen and oxygen atoms in total. The monoisotopic (exact) mass is 482 g/mol. The SMILES string of the molecule is Cc1nc2c(OCc3ccccc3[N+](=O)[O-])cccn2c1C[N+](C)(C)C.[I-]. The Kier molecular flexibility index (Phi) is 6.42. The number of aromatic nitrogens is 2. The van der Waals surface area contributed by atoms with E-state index in [0.29, 0.717) is 11.3 Å². The van der Waals surface area contributed by atoms with Crippen LogP contribution in [0.25, 0.3) is 5.65 Å². The first-order valence-corrected chi connectivity index (χ1v) is 8.38. The number of nitrogens with zero attached hydrogens (tertiary/aromatic N) is 4. The lowest BCUT2D eigenvalue weighted by molar-refractivity contribution is -0.884. The Balaban J connectivity index is 0.00000261. The summed E-state index contributed by atoms with van der Waals surface area (Å²) >= 11 is 0. The third-order valence-electron chi connectivity index (χ3n) is 4.11. The van der Waals surface area contributed by atoms with Crippen LogP contribution in [-0.2, 0) is 13.2 Å². The number of hydrogen-bond acceptors (Lipinski definition) is 4. The number of pyridine rings is 1.